The molecular weight excluding hydrogens is 254 g/mol. The molecule has 0 unspecified atom stereocenters. The van der Waals surface area contributed by atoms with Gasteiger partial charge in [-0.1, -0.05) is 19.1 Å². The number of amides is 2. The molecule has 20 heavy (non-hydrogen) atoms. The first kappa shape index (κ1) is 12.9. The van der Waals surface area contributed by atoms with Gasteiger partial charge in [0.1, 0.15) is 5.75 Å². The lowest BCUT2D eigenvalue weighted by atomic mass is 9.78. The third-order valence-electron chi connectivity index (χ3n) is 4.29. The molecule has 1 aromatic carbocycles. The van der Waals surface area contributed by atoms with E-state index in [4.69, 9.17) is 0 Å². The standard InChI is InChI=1S/C16H17NO3/c1-9-4-3-5-12-14(9)16(20)17(15(12)19)13-7-6-11(18)8-10(13)2/h3-4,6-9,12,14,18H,5H2,1-2H3/t9-,12-,14-/m1/s1. The summed E-state index contributed by atoms with van der Waals surface area (Å²) in [6.07, 6.45) is 4.64. The fourth-order valence-electron chi connectivity index (χ4n) is 3.28. The Morgan fingerprint density at radius 1 is 1.25 bits per heavy atom. The van der Waals surface area contributed by atoms with Crippen LogP contribution in [-0.4, -0.2) is 16.9 Å². The van der Waals surface area contributed by atoms with Crippen LogP contribution in [0.1, 0.15) is 18.9 Å². The summed E-state index contributed by atoms with van der Waals surface area (Å²) in [5.41, 5.74) is 1.31. The number of anilines is 1. The molecule has 1 N–H and O–H groups in total. The zero-order valence-electron chi connectivity index (χ0n) is 11.5. The number of phenols is 1. The summed E-state index contributed by atoms with van der Waals surface area (Å²) < 4.78 is 0. The molecule has 0 saturated carbocycles. The summed E-state index contributed by atoms with van der Waals surface area (Å²) >= 11 is 0. The van der Waals surface area contributed by atoms with Gasteiger partial charge in [-0.3, -0.25) is 9.59 Å². The van der Waals surface area contributed by atoms with Crippen molar-refractivity contribution in [2.24, 2.45) is 17.8 Å². The van der Waals surface area contributed by atoms with Gasteiger partial charge in [0.05, 0.1) is 17.5 Å². The first-order chi connectivity index (χ1) is 9.50. The summed E-state index contributed by atoms with van der Waals surface area (Å²) in [5.74, 6) is -0.502. The van der Waals surface area contributed by atoms with Crippen molar-refractivity contribution in [3.05, 3.63) is 35.9 Å². The van der Waals surface area contributed by atoms with E-state index in [1.165, 1.54) is 11.0 Å². The largest absolute Gasteiger partial charge is 0.508 e. The second kappa shape index (κ2) is 4.47. The number of hydrogen-bond acceptors (Lipinski definition) is 3. The number of imide groups is 1. The molecule has 1 saturated heterocycles. The van der Waals surface area contributed by atoms with Crippen molar-refractivity contribution in [1.82, 2.24) is 0 Å². The zero-order valence-corrected chi connectivity index (χ0v) is 11.5. The van der Waals surface area contributed by atoms with E-state index < -0.39 is 0 Å². The van der Waals surface area contributed by atoms with E-state index in [0.29, 0.717) is 12.1 Å². The Hall–Kier alpha value is -2.10. The molecule has 1 fully saturated rings. The molecule has 1 aliphatic carbocycles. The maximum absolute atomic E-state index is 12.6. The van der Waals surface area contributed by atoms with Gasteiger partial charge in [0.2, 0.25) is 11.8 Å². The summed E-state index contributed by atoms with van der Waals surface area (Å²) in [6.45, 7) is 3.77. The van der Waals surface area contributed by atoms with E-state index in [2.05, 4.69) is 0 Å². The smallest absolute Gasteiger partial charge is 0.238 e. The van der Waals surface area contributed by atoms with Gasteiger partial charge in [0, 0.05) is 0 Å². The fourth-order valence-corrected chi connectivity index (χ4v) is 3.28. The van der Waals surface area contributed by atoms with Crippen LogP contribution in [-0.2, 0) is 9.59 Å². The van der Waals surface area contributed by atoms with Crippen LogP contribution in [0, 0.1) is 24.7 Å². The molecule has 104 valence electrons. The Morgan fingerprint density at radius 3 is 2.65 bits per heavy atom. The summed E-state index contributed by atoms with van der Waals surface area (Å²) in [6, 6.07) is 4.71. The van der Waals surface area contributed by atoms with Crippen LogP contribution >= 0.6 is 0 Å². The molecule has 3 atom stereocenters. The van der Waals surface area contributed by atoms with Crippen LogP contribution in [0.25, 0.3) is 0 Å². The van der Waals surface area contributed by atoms with Crippen molar-refractivity contribution < 1.29 is 14.7 Å². The molecule has 2 aliphatic rings. The molecule has 3 rings (SSSR count). The predicted octanol–water partition coefficient (Wildman–Crippen LogP) is 2.40. The van der Waals surface area contributed by atoms with Crippen molar-refractivity contribution in [1.29, 1.82) is 0 Å². The molecule has 4 heteroatoms. The van der Waals surface area contributed by atoms with Crippen LogP contribution in [0.3, 0.4) is 0 Å². The summed E-state index contributed by atoms with van der Waals surface area (Å²) in [5, 5.41) is 9.46. The zero-order chi connectivity index (χ0) is 14.4. The average Bonchev–Trinajstić information content (AvgIpc) is 2.64. The maximum Gasteiger partial charge on any atom is 0.238 e. The Morgan fingerprint density at radius 2 is 2.00 bits per heavy atom. The van der Waals surface area contributed by atoms with Crippen LogP contribution in [0.2, 0.25) is 0 Å². The Balaban J connectivity index is 2.03. The van der Waals surface area contributed by atoms with E-state index in [-0.39, 0.29) is 35.3 Å². The third kappa shape index (κ3) is 1.75. The fraction of sp³-hybridized carbons (Fsp3) is 0.375. The summed E-state index contributed by atoms with van der Waals surface area (Å²) in [4.78, 5) is 26.4. The number of benzene rings is 1. The minimum Gasteiger partial charge on any atom is -0.508 e. The molecule has 0 aromatic heterocycles. The number of aryl methyl sites for hydroxylation is 1. The first-order valence-electron chi connectivity index (χ1n) is 6.85. The Bertz CT molecular complexity index is 620. The SMILES string of the molecule is Cc1cc(O)ccc1N1C(=O)[C@@H]2[C@H](C)C=CC[C@H]2C1=O. The molecule has 1 aliphatic heterocycles. The van der Waals surface area contributed by atoms with Crippen molar-refractivity contribution >= 4 is 17.5 Å². The molecule has 0 bridgehead atoms. The molecule has 4 nitrogen and oxygen atoms in total. The highest BCUT2D eigenvalue weighted by atomic mass is 16.3. The molecule has 1 heterocycles. The number of rotatable bonds is 1. The molecule has 0 spiro atoms. The number of phenolic OH excluding ortho intramolecular Hbond substituents is 1. The summed E-state index contributed by atoms with van der Waals surface area (Å²) in [7, 11) is 0. The number of carbonyl (C=O) groups excluding carboxylic acids is 2. The van der Waals surface area contributed by atoms with Gasteiger partial charge in [-0.05, 0) is 43.0 Å². The van der Waals surface area contributed by atoms with Gasteiger partial charge < -0.3 is 5.11 Å². The maximum atomic E-state index is 12.6. The highest BCUT2D eigenvalue weighted by Gasteiger charge is 2.50. The first-order valence-corrected chi connectivity index (χ1v) is 6.85. The lowest BCUT2D eigenvalue weighted by molar-refractivity contribution is -0.122. The minimum absolute atomic E-state index is 0.0904. The number of aromatic hydroxyl groups is 1. The van der Waals surface area contributed by atoms with Gasteiger partial charge in [-0.15, -0.1) is 0 Å². The average molecular weight is 271 g/mol. The second-order valence-corrected chi connectivity index (χ2v) is 5.64. The highest BCUT2D eigenvalue weighted by molar-refractivity contribution is 6.22. The third-order valence-corrected chi connectivity index (χ3v) is 4.29. The Labute approximate surface area is 117 Å². The van der Waals surface area contributed by atoms with Gasteiger partial charge in [0.15, 0.2) is 0 Å². The minimum atomic E-state index is -0.249. The number of hydrogen-bond donors (Lipinski definition) is 1. The van der Waals surface area contributed by atoms with Crippen molar-refractivity contribution in [3.8, 4) is 5.75 Å². The van der Waals surface area contributed by atoms with E-state index >= 15 is 0 Å². The monoisotopic (exact) mass is 271 g/mol. The molecule has 0 radical (unpaired) electrons. The van der Waals surface area contributed by atoms with E-state index in [9.17, 15) is 14.7 Å². The van der Waals surface area contributed by atoms with Crippen LogP contribution in [0.15, 0.2) is 30.4 Å². The highest BCUT2D eigenvalue weighted by Crippen LogP contribution is 2.41. The molecule has 1 aromatic rings. The predicted molar refractivity (Wildman–Crippen MR) is 75.2 cm³/mol. The van der Waals surface area contributed by atoms with Gasteiger partial charge in [-0.2, -0.15) is 0 Å². The number of allylic oxidation sites excluding steroid dienone is 2. The van der Waals surface area contributed by atoms with E-state index in [0.717, 1.165) is 5.56 Å². The van der Waals surface area contributed by atoms with E-state index in [1.807, 2.05) is 19.1 Å². The van der Waals surface area contributed by atoms with Crippen molar-refractivity contribution in [2.45, 2.75) is 20.3 Å². The van der Waals surface area contributed by atoms with Crippen molar-refractivity contribution in [2.75, 3.05) is 4.90 Å². The second-order valence-electron chi connectivity index (χ2n) is 5.64. The molecular formula is C16H17NO3. The van der Waals surface area contributed by atoms with Gasteiger partial charge in [0.25, 0.3) is 0 Å². The van der Waals surface area contributed by atoms with Crippen LogP contribution < -0.4 is 4.90 Å². The lowest BCUT2D eigenvalue weighted by Crippen LogP contribution is -2.32. The number of nitrogens with zero attached hydrogens (tertiary/aromatic N) is 1. The van der Waals surface area contributed by atoms with Crippen LogP contribution in [0.4, 0.5) is 5.69 Å². The van der Waals surface area contributed by atoms with Crippen molar-refractivity contribution in [3.63, 3.8) is 0 Å². The van der Waals surface area contributed by atoms with Crippen LogP contribution in [0.5, 0.6) is 5.75 Å². The van der Waals surface area contributed by atoms with E-state index in [1.54, 1.807) is 19.1 Å². The Kier molecular flexibility index (Phi) is 2.89. The van der Waals surface area contributed by atoms with Gasteiger partial charge >= 0.3 is 0 Å². The lowest BCUT2D eigenvalue weighted by Gasteiger charge is -2.22. The molecule has 2 amide bonds. The number of carbonyl (C=O) groups is 2. The van der Waals surface area contributed by atoms with Gasteiger partial charge in [-0.25, -0.2) is 4.90 Å². The normalized spacial score (nSPS) is 28.9. The topological polar surface area (TPSA) is 57.6 Å². The number of fused-ring (bicyclic) bond motifs is 1. The quantitative estimate of drug-likeness (QED) is 0.630.